The number of nitrogens with zero attached hydrogens (tertiary/aromatic N) is 2. The molecule has 0 spiro atoms. The monoisotopic (exact) mass is 690 g/mol. The van der Waals surface area contributed by atoms with Crippen molar-refractivity contribution in [3.8, 4) is 22.3 Å². The summed E-state index contributed by atoms with van der Waals surface area (Å²) in [6.45, 7) is 0. The zero-order valence-corrected chi connectivity index (χ0v) is 29.9. The van der Waals surface area contributed by atoms with Crippen LogP contribution in [0.2, 0.25) is 0 Å². The lowest BCUT2D eigenvalue weighted by Gasteiger charge is -2.38. The molecule has 2 heteroatoms. The van der Waals surface area contributed by atoms with E-state index in [0.717, 1.165) is 17.8 Å². The summed E-state index contributed by atoms with van der Waals surface area (Å²) >= 11 is 0. The van der Waals surface area contributed by atoms with Crippen molar-refractivity contribution in [1.29, 1.82) is 0 Å². The zero-order chi connectivity index (χ0) is 35.8. The molecule has 9 aromatic rings. The van der Waals surface area contributed by atoms with E-state index >= 15 is 0 Å². The van der Waals surface area contributed by atoms with Crippen LogP contribution in [0.15, 0.2) is 212 Å². The van der Waals surface area contributed by atoms with Crippen LogP contribution in [-0.2, 0) is 6.42 Å². The van der Waals surface area contributed by atoms with Gasteiger partial charge in [-0.1, -0.05) is 158 Å². The van der Waals surface area contributed by atoms with Crippen molar-refractivity contribution in [3.63, 3.8) is 0 Å². The highest BCUT2D eigenvalue weighted by atomic mass is 15.2. The number of fused-ring (bicyclic) bond motifs is 6. The Morgan fingerprint density at radius 3 is 1.59 bits per heavy atom. The van der Waals surface area contributed by atoms with Gasteiger partial charge in [0, 0.05) is 28.1 Å². The van der Waals surface area contributed by atoms with Gasteiger partial charge in [0.1, 0.15) is 0 Å². The van der Waals surface area contributed by atoms with E-state index in [1.807, 2.05) is 0 Å². The summed E-state index contributed by atoms with van der Waals surface area (Å²) in [4.78, 5) is 4.91. The fourth-order valence-electron chi connectivity index (χ4n) is 8.48. The molecule has 1 aliphatic carbocycles. The Bertz CT molecular complexity index is 2740. The molecule has 0 bridgehead atoms. The number of hydrogen-bond donors (Lipinski definition) is 0. The Morgan fingerprint density at radius 2 is 0.870 bits per heavy atom. The SMILES string of the molecule is c1ccc(N(c2ccc(-c3ccc(N(c4ccccc4)C4Cc5ccccc5-c5ccccc54)cc3)cc2)c2cc3ccccc3c3ccccc23)cc1. The Kier molecular flexibility index (Phi) is 8.00. The Hall–Kier alpha value is -6.90. The largest absolute Gasteiger partial charge is 0.334 e. The lowest BCUT2D eigenvalue weighted by atomic mass is 9.81. The van der Waals surface area contributed by atoms with E-state index in [1.165, 1.54) is 72.0 Å². The van der Waals surface area contributed by atoms with Gasteiger partial charge in [0.15, 0.2) is 0 Å². The van der Waals surface area contributed by atoms with Crippen LogP contribution in [0.1, 0.15) is 17.2 Å². The molecule has 0 heterocycles. The van der Waals surface area contributed by atoms with Gasteiger partial charge >= 0.3 is 0 Å². The van der Waals surface area contributed by atoms with Crippen LogP contribution in [-0.4, -0.2) is 0 Å². The quantitative estimate of drug-likeness (QED) is 0.154. The van der Waals surface area contributed by atoms with E-state index < -0.39 is 0 Å². The highest BCUT2D eigenvalue weighted by Gasteiger charge is 2.30. The smallest absolute Gasteiger partial charge is 0.0638 e. The number of benzene rings is 9. The highest BCUT2D eigenvalue weighted by Crippen LogP contribution is 2.46. The van der Waals surface area contributed by atoms with Crippen molar-refractivity contribution in [1.82, 2.24) is 0 Å². The van der Waals surface area contributed by atoms with Gasteiger partial charge in [-0.15, -0.1) is 0 Å². The molecule has 54 heavy (non-hydrogen) atoms. The highest BCUT2D eigenvalue weighted by molar-refractivity contribution is 6.14. The minimum atomic E-state index is 0.166. The summed E-state index contributed by atoms with van der Waals surface area (Å²) < 4.78 is 0. The van der Waals surface area contributed by atoms with E-state index in [9.17, 15) is 0 Å². The predicted octanol–water partition coefficient (Wildman–Crippen LogP) is 14.2. The first-order chi connectivity index (χ1) is 26.8. The van der Waals surface area contributed by atoms with Crippen molar-refractivity contribution < 1.29 is 0 Å². The van der Waals surface area contributed by atoms with Crippen LogP contribution in [0.5, 0.6) is 0 Å². The molecule has 0 N–H and O–H groups in total. The maximum Gasteiger partial charge on any atom is 0.0638 e. The second kappa shape index (κ2) is 13.6. The second-order valence-corrected chi connectivity index (χ2v) is 14.1. The van der Waals surface area contributed by atoms with E-state index in [2.05, 4.69) is 222 Å². The molecule has 2 nitrogen and oxygen atoms in total. The van der Waals surface area contributed by atoms with E-state index in [1.54, 1.807) is 0 Å². The molecule has 0 saturated heterocycles. The fraction of sp³-hybridized carbons (Fsp3) is 0.0385. The molecular weight excluding hydrogens is 653 g/mol. The molecule has 1 aliphatic rings. The molecule has 10 rings (SSSR count). The van der Waals surface area contributed by atoms with Gasteiger partial charge in [-0.05, 0) is 111 Å². The van der Waals surface area contributed by atoms with Crippen molar-refractivity contribution in [2.45, 2.75) is 12.5 Å². The molecule has 0 fully saturated rings. The molecular formula is C52H38N2. The minimum absolute atomic E-state index is 0.166. The summed E-state index contributed by atoms with van der Waals surface area (Å²) in [5, 5.41) is 4.99. The maximum absolute atomic E-state index is 2.52. The van der Waals surface area contributed by atoms with Gasteiger partial charge in [-0.25, -0.2) is 0 Å². The molecule has 0 aromatic heterocycles. The van der Waals surface area contributed by atoms with Crippen LogP contribution >= 0.6 is 0 Å². The lowest BCUT2D eigenvalue weighted by Crippen LogP contribution is -2.28. The average Bonchev–Trinajstić information content (AvgIpc) is 3.25. The normalized spacial score (nSPS) is 13.3. The Labute approximate surface area is 316 Å². The van der Waals surface area contributed by atoms with E-state index in [-0.39, 0.29) is 6.04 Å². The molecule has 256 valence electrons. The molecule has 1 unspecified atom stereocenters. The predicted molar refractivity (Wildman–Crippen MR) is 228 cm³/mol. The van der Waals surface area contributed by atoms with Crippen LogP contribution in [0.25, 0.3) is 43.8 Å². The number of para-hydroxylation sites is 2. The van der Waals surface area contributed by atoms with Crippen molar-refractivity contribution in [3.05, 3.63) is 223 Å². The third-order valence-electron chi connectivity index (χ3n) is 11.0. The van der Waals surface area contributed by atoms with Gasteiger partial charge in [0.25, 0.3) is 0 Å². The molecule has 0 saturated carbocycles. The number of hydrogen-bond acceptors (Lipinski definition) is 2. The van der Waals surface area contributed by atoms with Gasteiger partial charge in [0.2, 0.25) is 0 Å². The lowest BCUT2D eigenvalue weighted by molar-refractivity contribution is 0.685. The standard InChI is InChI=1S/C52H38N2/c1-3-17-41(18-4-1)53(51-35-39-15-7-9-21-45(39)47-23-11-13-25-49(47)51)43-31-27-37(28-32-43)38-29-33-44(34-30-38)54(42-19-5-2-6-20-42)52-36-40-16-8-10-22-46(40)48-24-12-14-26-50(48)52/h1-35,52H,36H2. The van der Waals surface area contributed by atoms with E-state index in [4.69, 9.17) is 0 Å². The van der Waals surface area contributed by atoms with Gasteiger partial charge in [-0.2, -0.15) is 0 Å². The Morgan fingerprint density at radius 1 is 0.370 bits per heavy atom. The topological polar surface area (TPSA) is 6.48 Å². The van der Waals surface area contributed by atoms with Crippen LogP contribution < -0.4 is 9.80 Å². The first-order valence-corrected chi connectivity index (χ1v) is 18.8. The van der Waals surface area contributed by atoms with Crippen LogP contribution in [0.3, 0.4) is 0 Å². The number of rotatable bonds is 7. The fourth-order valence-corrected chi connectivity index (χ4v) is 8.48. The summed E-state index contributed by atoms with van der Waals surface area (Å²) in [5.41, 5.74) is 13.6. The summed E-state index contributed by atoms with van der Waals surface area (Å²) in [6.07, 6.45) is 0.940. The summed E-state index contributed by atoms with van der Waals surface area (Å²) in [7, 11) is 0. The maximum atomic E-state index is 2.52. The minimum Gasteiger partial charge on any atom is -0.334 e. The van der Waals surface area contributed by atoms with Crippen LogP contribution in [0.4, 0.5) is 28.4 Å². The Balaban J connectivity index is 1.02. The van der Waals surface area contributed by atoms with Crippen molar-refractivity contribution in [2.75, 3.05) is 9.80 Å². The third kappa shape index (κ3) is 5.60. The first-order valence-electron chi connectivity index (χ1n) is 18.8. The molecule has 0 amide bonds. The molecule has 9 aromatic carbocycles. The second-order valence-electron chi connectivity index (χ2n) is 14.1. The van der Waals surface area contributed by atoms with Crippen molar-refractivity contribution >= 4 is 50.0 Å². The van der Waals surface area contributed by atoms with Crippen molar-refractivity contribution in [2.24, 2.45) is 0 Å². The molecule has 0 aliphatic heterocycles. The third-order valence-corrected chi connectivity index (χ3v) is 11.0. The summed E-state index contributed by atoms with van der Waals surface area (Å²) in [5.74, 6) is 0. The number of anilines is 5. The zero-order valence-electron chi connectivity index (χ0n) is 29.9. The van der Waals surface area contributed by atoms with Gasteiger partial charge < -0.3 is 9.80 Å². The van der Waals surface area contributed by atoms with Gasteiger partial charge in [0.05, 0.1) is 11.7 Å². The molecule has 0 radical (unpaired) electrons. The molecule has 1 atom stereocenters. The van der Waals surface area contributed by atoms with E-state index in [0.29, 0.717) is 0 Å². The van der Waals surface area contributed by atoms with Gasteiger partial charge in [-0.3, -0.25) is 0 Å². The first kappa shape index (κ1) is 31.8. The van der Waals surface area contributed by atoms with Crippen LogP contribution in [0, 0.1) is 0 Å². The average molecular weight is 691 g/mol. The summed E-state index contributed by atoms with van der Waals surface area (Å²) in [6, 6.07) is 77.4.